The second-order valence-electron chi connectivity index (χ2n) is 9.22. The largest absolute Gasteiger partial charge is 0.289 e. The minimum absolute atomic E-state index is 0.00452. The maximum absolute atomic E-state index is 11.9. The van der Waals surface area contributed by atoms with Gasteiger partial charge in [0.1, 0.15) is 11.4 Å². The predicted molar refractivity (Wildman–Crippen MR) is 162 cm³/mol. The van der Waals surface area contributed by atoms with Crippen LogP contribution in [0.25, 0.3) is 11.1 Å². The van der Waals surface area contributed by atoms with Gasteiger partial charge >= 0.3 is 0 Å². The number of carbonyl (C=O) groups is 2. The van der Waals surface area contributed by atoms with E-state index in [2.05, 4.69) is 20.5 Å². The lowest BCUT2D eigenvalue weighted by atomic mass is 9.96. The smallest absolute Gasteiger partial charge is 0.184 e. The Morgan fingerprint density at radius 1 is 0.525 bits per heavy atom. The second kappa shape index (κ2) is 12.4. The van der Waals surface area contributed by atoms with Gasteiger partial charge < -0.3 is 0 Å². The van der Waals surface area contributed by atoms with Crippen molar-refractivity contribution in [2.45, 2.75) is 27.7 Å². The molecule has 0 amide bonds. The van der Waals surface area contributed by atoms with E-state index < -0.39 is 0 Å². The summed E-state index contributed by atoms with van der Waals surface area (Å²) in [5.74, 6) is 0.00905. The first-order valence-corrected chi connectivity index (χ1v) is 13.5. The van der Waals surface area contributed by atoms with Crippen LogP contribution in [0.4, 0.5) is 11.4 Å². The fourth-order valence-corrected chi connectivity index (χ4v) is 4.99. The fraction of sp³-hybridized carbons (Fsp3) is 0.133. The molecule has 2 aromatic carbocycles. The number of ketones is 2. The average Bonchev–Trinajstić information content (AvgIpc) is 2.89. The van der Waals surface area contributed by atoms with Crippen molar-refractivity contribution < 1.29 is 9.59 Å². The molecule has 2 aromatic rings. The quantitative estimate of drug-likeness (QED) is 0.315. The van der Waals surface area contributed by atoms with Crippen molar-refractivity contribution >= 4 is 69.3 Å². The van der Waals surface area contributed by atoms with Crippen molar-refractivity contribution in [3.8, 4) is 11.1 Å². The lowest BCUT2D eigenvalue weighted by Crippen LogP contribution is -2.05. The SMILES string of the molecule is CC1=CC(=CN=Nc2cc(Cl)c(-c3cc(Cl)c(N=NC=C4C=C(C)C(=O)C(C)=C4)cc3Cl)cc2Cl)C=C(C)C1=O. The van der Waals surface area contributed by atoms with E-state index >= 15 is 0 Å². The lowest BCUT2D eigenvalue weighted by molar-refractivity contribution is -0.113. The van der Waals surface area contributed by atoms with Crippen LogP contribution in [0.15, 0.2) is 115 Å². The molecule has 0 bridgehead atoms. The zero-order chi connectivity index (χ0) is 29.1. The summed E-state index contributed by atoms with van der Waals surface area (Å²) in [7, 11) is 0. The van der Waals surface area contributed by atoms with Crippen molar-refractivity contribution in [2.24, 2.45) is 20.5 Å². The van der Waals surface area contributed by atoms with Crippen LogP contribution < -0.4 is 0 Å². The van der Waals surface area contributed by atoms with Gasteiger partial charge in [-0.1, -0.05) is 46.4 Å². The van der Waals surface area contributed by atoms with Crippen LogP contribution in [0.2, 0.25) is 20.1 Å². The van der Waals surface area contributed by atoms with Crippen LogP contribution in [0.1, 0.15) is 27.7 Å². The minimum atomic E-state index is 0.00452. The van der Waals surface area contributed by atoms with Gasteiger partial charge in [0.15, 0.2) is 11.6 Å². The monoisotopic (exact) mass is 610 g/mol. The molecule has 4 rings (SSSR count). The molecule has 0 heterocycles. The molecule has 0 N–H and O–H groups in total. The normalized spacial score (nSPS) is 15.9. The molecule has 10 heteroatoms. The van der Waals surface area contributed by atoms with E-state index in [1.54, 1.807) is 88.7 Å². The Labute approximate surface area is 251 Å². The fourth-order valence-electron chi connectivity index (χ4n) is 4.07. The highest BCUT2D eigenvalue weighted by Crippen LogP contribution is 2.43. The molecule has 6 nitrogen and oxygen atoms in total. The number of nitrogens with zero attached hydrogens (tertiary/aromatic N) is 4. The molecule has 0 saturated heterocycles. The van der Waals surface area contributed by atoms with E-state index in [1.165, 1.54) is 0 Å². The number of halogens is 4. The first-order valence-electron chi connectivity index (χ1n) is 12.0. The molecule has 0 aliphatic heterocycles. The van der Waals surface area contributed by atoms with Gasteiger partial charge in [0.2, 0.25) is 0 Å². The summed E-state index contributed by atoms with van der Waals surface area (Å²) < 4.78 is 0. The third kappa shape index (κ3) is 6.65. The van der Waals surface area contributed by atoms with E-state index in [9.17, 15) is 9.59 Å². The number of Topliss-reactive ketones (excluding diaryl/α,β-unsaturated/α-hetero) is 2. The van der Waals surface area contributed by atoms with E-state index in [4.69, 9.17) is 46.4 Å². The molecule has 0 unspecified atom stereocenters. The number of rotatable bonds is 5. The van der Waals surface area contributed by atoms with Gasteiger partial charge in [-0.3, -0.25) is 9.59 Å². The summed E-state index contributed by atoms with van der Waals surface area (Å²) in [5, 5.41) is 17.8. The molecule has 2 aliphatic rings. The summed E-state index contributed by atoms with van der Waals surface area (Å²) in [4.78, 5) is 23.8. The Hall–Kier alpha value is -3.42. The number of carbonyl (C=O) groups excluding carboxylic acids is 2. The zero-order valence-electron chi connectivity index (χ0n) is 21.9. The summed E-state index contributed by atoms with van der Waals surface area (Å²) in [6.45, 7) is 7.01. The lowest BCUT2D eigenvalue weighted by Gasteiger charge is -2.11. The molecule has 202 valence electrons. The van der Waals surface area contributed by atoms with Gasteiger partial charge in [0.25, 0.3) is 0 Å². The predicted octanol–water partition coefficient (Wildman–Crippen LogP) is 10.9. The Kier molecular flexibility index (Phi) is 9.16. The molecule has 0 fully saturated rings. The molecule has 0 radical (unpaired) electrons. The first-order chi connectivity index (χ1) is 18.9. The molecular weight excluding hydrogens is 590 g/mol. The van der Waals surface area contributed by atoms with Crippen LogP contribution in [0.5, 0.6) is 0 Å². The highest BCUT2D eigenvalue weighted by Gasteiger charge is 2.16. The van der Waals surface area contributed by atoms with Crippen LogP contribution >= 0.6 is 46.4 Å². The molecule has 0 spiro atoms. The Morgan fingerprint density at radius 2 is 0.850 bits per heavy atom. The van der Waals surface area contributed by atoms with E-state index in [1.807, 2.05) is 0 Å². The Morgan fingerprint density at radius 3 is 1.18 bits per heavy atom. The zero-order valence-corrected chi connectivity index (χ0v) is 24.9. The highest BCUT2D eigenvalue weighted by molar-refractivity contribution is 6.40. The number of allylic oxidation sites excluding steroid dienone is 10. The molecule has 40 heavy (non-hydrogen) atoms. The van der Waals surface area contributed by atoms with E-state index in [0.29, 0.717) is 64.9 Å². The van der Waals surface area contributed by atoms with Crippen molar-refractivity contribution in [1.29, 1.82) is 0 Å². The Balaban J connectivity index is 1.57. The van der Waals surface area contributed by atoms with Crippen LogP contribution in [-0.4, -0.2) is 11.6 Å². The van der Waals surface area contributed by atoms with Crippen molar-refractivity contribution in [2.75, 3.05) is 0 Å². The number of azo groups is 2. The van der Waals surface area contributed by atoms with Crippen LogP contribution in [-0.2, 0) is 9.59 Å². The van der Waals surface area contributed by atoms with E-state index in [0.717, 1.165) is 11.1 Å². The van der Waals surface area contributed by atoms with Gasteiger partial charge in [0.05, 0.1) is 32.5 Å². The highest BCUT2D eigenvalue weighted by atomic mass is 35.5. The Bertz CT molecular complexity index is 1530. The number of hydrogen-bond donors (Lipinski definition) is 0. The molecule has 2 aliphatic carbocycles. The number of hydrogen-bond acceptors (Lipinski definition) is 6. The van der Waals surface area contributed by atoms with Crippen molar-refractivity contribution in [1.82, 2.24) is 0 Å². The number of benzene rings is 2. The van der Waals surface area contributed by atoms with Crippen molar-refractivity contribution in [3.05, 3.63) is 114 Å². The molecule has 0 saturated carbocycles. The molecular formula is C30H22Cl4N4O2. The summed E-state index contributed by atoms with van der Waals surface area (Å²) in [6, 6.07) is 6.43. The van der Waals surface area contributed by atoms with Gasteiger partial charge in [-0.2, -0.15) is 10.2 Å². The summed E-state index contributed by atoms with van der Waals surface area (Å²) in [6.07, 6.45) is 10.1. The van der Waals surface area contributed by atoms with Gasteiger partial charge in [-0.05, 0) is 110 Å². The van der Waals surface area contributed by atoms with Gasteiger partial charge in [0, 0.05) is 11.1 Å². The molecule has 0 atom stereocenters. The van der Waals surface area contributed by atoms with Crippen LogP contribution in [0, 0.1) is 0 Å². The van der Waals surface area contributed by atoms with E-state index in [-0.39, 0.29) is 11.6 Å². The minimum Gasteiger partial charge on any atom is -0.289 e. The van der Waals surface area contributed by atoms with Crippen molar-refractivity contribution in [3.63, 3.8) is 0 Å². The topological polar surface area (TPSA) is 83.6 Å². The maximum Gasteiger partial charge on any atom is 0.184 e. The molecule has 0 aromatic heterocycles. The first kappa shape index (κ1) is 29.6. The second-order valence-corrected chi connectivity index (χ2v) is 10.9. The average molecular weight is 612 g/mol. The maximum atomic E-state index is 11.9. The third-order valence-electron chi connectivity index (χ3n) is 6.07. The van der Waals surface area contributed by atoms with Gasteiger partial charge in [-0.15, -0.1) is 10.2 Å². The summed E-state index contributed by atoms with van der Waals surface area (Å²) in [5.41, 5.74) is 5.86. The standard InChI is InChI=1S/C30H22Cl4N4O2/c1-15-5-19(6-16(2)29(15)39)13-35-37-27-11-23(31)21(9-25(27)33)22-10-26(34)28(12-24(22)32)38-36-14-20-7-17(3)30(40)18(4)8-20/h5-14H,1-4H3. The summed E-state index contributed by atoms with van der Waals surface area (Å²) >= 11 is 26.1. The third-order valence-corrected chi connectivity index (χ3v) is 7.30. The van der Waals surface area contributed by atoms with Crippen LogP contribution in [0.3, 0.4) is 0 Å². The van der Waals surface area contributed by atoms with Gasteiger partial charge in [-0.25, -0.2) is 0 Å².